The largest absolute Gasteiger partial charge is 0.382 e. The first kappa shape index (κ1) is 15.6. The molecule has 0 aliphatic heterocycles. The van der Waals surface area contributed by atoms with Crippen molar-refractivity contribution < 1.29 is 9.47 Å². The molecule has 0 aromatic rings. The summed E-state index contributed by atoms with van der Waals surface area (Å²) in [6.07, 6.45) is 4.22. The van der Waals surface area contributed by atoms with Crippen LogP contribution in [0.1, 0.15) is 26.7 Å². The maximum atomic E-state index is 5.44. The van der Waals surface area contributed by atoms with E-state index in [1.807, 2.05) is 6.08 Å². The van der Waals surface area contributed by atoms with Gasteiger partial charge in [-0.1, -0.05) is 19.9 Å². The van der Waals surface area contributed by atoms with E-state index in [1.54, 1.807) is 7.11 Å². The molecule has 16 heavy (non-hydrogen) atoms. The van der Waals surface area contributed by atoms with E-state index in [1.165, 1.54) is 0 Å². The average Bonchev–Trinajstić information content (AvgIpc) is 2.31. The molecule has 0 amide bonds. The molecule has 0 saturated heterocycles. The van der Waals surface area contributed by atoms with Crippen molar-refractivity contribution >= 4 is 0 Å². The summed E-state index contributed by atoms with van der Waals surface area (Å²) in [5.74, 6) is 0. The fourth-order valence-corrected chi connectivity index (χ4v) is 1.50. The number of methoxy groups -OCH3 is 1. The first-order valence-electron chi connectivity index (χ1n) is 6.09. The highest BCUT2D eigenvalue weighted by Crippen LogP contribution is 2.23. The van der Waals surface area contributed by atoms with E-state index in [9.17, 15) is 0 Å². The Labute approximate surface area is 100 Å². The Balaban J connectivity index is 3.57. The van der Waals surface area contributed by atoms with Crippen LogP contribution in [-0.2, 0) is 9.47 Å². The molecule has 3 nitrogen and oxygen atoms in total. The van der Waals surface area contributed by atoms with Gasteiger partial charge in [0.15, 0.2) is 0 Å². The molecule has 0 heterocycles. The zero-order valence-corrected chi connectivity index (χ0v) is 11.1. The predicted molar refractivity (Wildman–Crippen MR) is 68.8 cm³/mol. The molecule has 0 aliphatic rings. The highest BCUT2D eigenvalue weighted by atomic mass is 16.5. The van der Waals surface area contributed by atoms with E-state index in [4.69, 9.17) is 9.47 Å². The Hall–Kier alpha value is -0.380. The molecule has 0 fully saturated rings. The highest BCUT2D eigenvalue weighted by molar-refractivity contribution is 4.92. The van der Waals surface area contributed by atoms with Crippen LogP contribution >= 0.6 is 0 Å². The molecule has 0 saturated carbocycles. The van der Waals surface area contributed by atoms with Gasteiger partial charge in [0.2, 0.25) is 0 Å². The second kappa shape index (κ2) is 9.82. The number of nitrogens with one attached hydrogen (secondary N) is 1. The summed E-state index contributed by atoms with van der Waals surface area (Å²) in [7, 11) is 1.69. The second-order valence-electron chi connectivity index (χ2n) is 4.35. The van der Waals surface area contributed by atoms with Gasteiger partial charge in [-0.05, 0) is 24.8 Å². The summed E-state index contributed by atoms with van der Waals surface area (Å²) in [6, 6.07) is 0. The van der Waals surface area contributed by atoms with Crippen molar-refractivity contribution in [2.75, 3.05) is 40.0 Å². The topological polar surface area (TPSA) is 30.5 Å². The molecule has 0 aliphatic carbocycles. The molecule has 1 unspecified atom stereocenters. The SMILES string of the molecule is C=CC(C)(CCCOCCOC)CNCC. The van der Waals surface area contributed by atoms with Gasteiger partial charge in [0, 0.05) is 20.3 Å². The van der Waals surface area contributed by atoms with E-state index < -0.39 is 0 Å². The zero-order chi connectivity index (χ0) is 12.3. The summed E-state index contributed by atoms with van der Waals surface area (Å²) in [5, 5.41) is 3.37. The monoisotopic (exact) mass is 229 g/mol. The predicted octanol–water partition coefficient (Wildman–Crippen LogP) is 2.23. The first-order valence-corrected chi connectivity index (χ1v) is 6.09. The number of ether oxygens (including phenoxy) is 2. The molecule has 96 valence electrons. The van der Waals surface area contributed by atoms with Crippen molar-refractivity contribution in [3.05, 3.63) is 12.7 Å². The van der Waals surface area contributed by atoms with Crippen LogP contribution in [0.15, 0.2) is 12.7 Å². The van der Waals surface area contributed by atoms with Gasteiger partial charge in [-0.25, -0.2) is 0 Å². The second-order valence-corrected chi connectivity index (χ2v) is 4.35. The third-order valence-corrected chi connectivity index (χ3v) is 2.74. The standard InChI is InChI=1S/C13H27NO2/c1-5-13(3,12-14-6-2)8-7-9-16-11-10-15-4/h5,14H,1,6-12H2,2-4H3. The smallest absolute Gasteiger partial charge is 0.0700 e. The van der Waals surface area contributed by atoms with Gasteiger partial charge in [0.25, 0.3) is 0 Å². The number of hydrogen-bond donors (Lipinski definition) is 1. The van der Waals surface area contributed by atoms with Crippen molar-refractivity contribution in [3.8, 4) is 0 Å². The Kier molecular flexibility index (Phi) is 9.59. The highest BCUT2D eigenvalue weighted by Gasteiger charge is 2.18. The lowest BCUT2D eigenvalue weighted by Crippen LogP contribution is -2.30. The number of rotatable bonds is 11. The summed E-state index contributed by atoms with van der Waals surface area (Å²) in [6.45, 7) is 12.4. The van der Waals surface area contributed by atoms with Gasteiger partial charge in [-0.15, -0.1) is 6.58 Å². The molecule has 0 spiro atoms. The summed E-state index contributed by atoms with van der Waals surface area (Å²) >= 11 is 0. The maximum absolute atomic E-state index is 5.44. The molecule has 3 heteroatoms. The summed E-state index contributed by atoms with van der Waals surface area (Å²) in [4.78, 5) is 0. The van der Waals surface area contributed by atoms with Crippen LogP contribution < -0.4 is 5.32 Å². The summed E-state index contributed by atoms with van der Waals surface area (Å²) in [5.41, 5.74) is 0.181. The Morgan fingerprint density at radius 1 is 1.31 bits per heavy atom. The van der Waals surface area contributed by atoms with Gasteiger partial charge in [-0.2, -0.15) is 0 Å². The minimum atomic E-state index is 0.181. The lowest BCUT2D eigenvalue weighted by atomic mass is 9.85. The Morgan fingerprint density at radius 2 is 2.06 bits per heavy atom. The van der Waals surface area contributed by atoms with Crippen molar-refractivity contribution in [2.45, 2.75) is 26.7 Å². The lowest BCUT2D eigenvalue weighted by molar-refractivity contribution is 0.0658. The molecule has 0 radical (unpaired) electrons. The van der Waals surface area contributed by atoms with Crippen molar-refractivity contribution in [2.24, 2.45) is 5.41 Å². The van der Waals surface area contributed by atoms with Crippen LogP contribution in [0, 0.1) is 5.41 Å². The fraction of sp³-hybridized carbons (Fsp3) is 0.846. The molecule has 0 aromatic heterocycles. The van der Waals surface area contributed by atoms with Crippen molar-refractivity contribution in [1.29, 1.82) is 0 Å². The Bertz CT molecular complexity index is 173. The third kappa shape index (κ3) is 7.85. The van der Waals surface area contributed by atoms with Crippen LogP contribution in [0.2, 0.25) is 0 Å². The van der Waals surface area contributed by atoms with Crippen LogP contribution in [-0.4, -0.2) is 40.0 Å². The van der Waals surface area contributed by atoms with Gasteiger partial charge >= 0.3 is 0 Å². The molecule has 0 aromatic carbocycles. The molecule has 1 N–H and O–H groups in total. The van der Waals surface area contributed by atoms with Crippen molar-refractivity contribution in [1.82, 2.24) is 5.32 Å². The van der Waals surface area contributed by atoms with Gasteiger partial charge in [0.05, 0.1) is 13.2 Å². The quantitative estimate of drug-likeness (QED) is 0.435. The molecule has 0 bridgehead atoms. The normalized spacial score (nSPS) is 14.7. The van der Waals surface area contributed by atoms with Crippen LogP contribution in [0.3, 0.4) is 0 Å². The van der Waals surface area contributed by atoms with Gasteiger partial charge < -0.3 is 14.8 Å². The lowest BCUT2D eigenvalue weighted by Gasteiger charge is -2.25. The van der Waals surface area contributed by atoms with Crippen molar-refractivity contribution in [3.63, 3.8) is 0 Å². The maximum Gasteiger partial charge on any atom is 0.0700 e. The number of hydrogen-bond acceptors (Lipinski definition) is 3. The van der Waals surface area contributed by atoms with E-state index >= 15 is 0 Å². The Morgan fingerprint density at radius 3 is 2.62 bits per heavy atom. The van der Waals surface area contributed by atoms with E-state index in [-0.39, 0.29) is 5.41 Å². The van der Waals surface area contributed by atoms with E-state index in [0.29, 0.717) is 13.2 Å². The van der Waals surface area contributed by atoms with Gasteiger partial charge in [-0.3, -0.25) is 0 Å². The molecular weight excluding hydrogens is 202 g/mol. The average molecular weight is 229 g/mol. The molecule has 1 atom stereocenters. The minimum Gasteiger partial charge on any atom is -0.382 e. The molecular formula is C13H27NO2. The third-order valence-electron chi connectivity index (χ3n) is 2.74. The van der Waals surface area contributed by atoms with E-state index in [0.717, 1.165) is 32.5 Å². The van der Waals surface area contributed by atoms with Crippen LogP contribution in [0.4, 0.5) is 0 Å². The minimum absolute atomic E-state index is 0.181. The fourth-order valence-electron chi connectivity index (χ4n) is 1.50. The van der Waals surface area contributed by atoms with Crippen LogP contribution in [0.25, 0.3) is 0 Å². The van der Waals surface area contributed by atoms with Crippen LogP contribution in [0.5, 0.6) is 0 Å². The van der Waals surface area contributed by atoms with E-state index in [2.05, 4.69) is 25.7 Å². The molecule has 0 rings (SSSR count). The summed E-state index contributed by atoms with van der Waals surface area (Å²) < 4.78 is 10.4. The zero-order valence-electron chi connectivity index (χ0n) is 11.1. The first-order chi connectivity index (χ1) is 7.68. The van der Waals surface area contributed by atoms with Gasteiger partial charge in [0.1, 0.15) is 0 Å².